The zero-order chi connectivity index (χ0) is 16.9. The molecule has 2 aromatic carbocycles. The molecule has 0 aliphatic carbocycles. The van der Waals surface area contributed by atoms with E-state index in [4.69, 9.17) is 30.5 Å². The molecule has 6 heteroatoms. The zero-order valence-corrected chi connectivity index (χ0v) is 14.5. The first-order valence-corrected chi connectivity index (χ1v) is 8.21. The fourth-order valence-electron chi connectivity index (χ4n) is 2.56. The molecule has 0 spiro atoms. The van der Waals surface area contributed by atoms with Gasteiger partial charge in [-0.3, -0.25) is 0 Å². The van der Waals surface area contributed by atoms with Crippen LogP contribution in [-0.2, 0) is 6.54 Å². The summed E-state index contributed by atoms with van der Waals surface area (Å²) in [6, 6.07) is 9.41. The van der Waals surface area contributed by atoms with E-state index in [1.807, 2.05) is 31.2 Å². The molecule has 2 aromatic rings. The predicted octanol–water partition coefficient (Wildman–Crippen LogP) is 4.13. The molecule has 0 bridgehead atoms. The predicted molar refractivity (Wildman–Crippen MR) is 93.9 cm³/mol. The Morgan fingerprint density at radius 1 is 1.12 bits per heavy atom. The minimum Gasteiger partial charge on any atom is -0.493 e. The number of ether oxygens (including phenoxy) is 4. The van der Waals surface area contributed by atoms with E-state index >= 15 is 0 Å². The summed E-state index contributed by atoms with van der Waals surface area (Å²) < 4.78 is 22.2. The SMILES string of the molecule is CCOc1c(CNc2ccc3c(c2)OCCO3)cc(Cl)cc1OC. The van der Waals surface area contributed by atoms with Crippen LogP contribution in [0, 0.1) is 0 Å². The van der Waals surface area contributed by atoms with E-state index in [1.165, 1.54) is 0 Å². The summed E-state index contributed by atoms with van der Waals surface area (Å²) in [4.78, 5) is 0. The summed E-state index contributed by atoms with van der Waals surface area (Å²) in [5.74, 6) is 2.85. The lowest BCUT2D eigenvalue weighted by Crippen LogP contribution is -2.15. The van der Waals surface area contributed by atoms with Gasteiger partial charge in [0.2, 0.25) is 0 Å². The number of nitrogens with one attached hydrogen (secondary N) is 1. The highest BCUT2D eigenvalue weighted by Gasteiger charge is 2.14. The molecule has 1 aliphatic heterocycles. The molecule has 3 rings (SSSR count). The van der Waals surface area contributed by atoms with Crippen molar-refractivity contribution >= 4 is 17.3 Å². The molecule has 1 heterocycles. The van der Waals surface area contributed by atoms with Gasteiger partial charge in [-0.1, -0.05) is 11.6 Å². The molecule has 1 N–H and O–H groups in total. The van der Waals surface area contributed by atoms with Crippen molar-refractivity contribution in [2.45, 2.75) is 13.5 Å². The molecule has 0 aromatic heterocycles. The summed E-state index contributed by atoms with van der Waals surface area (Å²) in [6.45, 7) is 4.18. The second kappa shape index (κ2) is 7.53. The maximum Gasteiger partial charge on any atom is 0.166 e. The van der Waals surface area contributed by atoms with Crippen molar-refractivity contribution in [3.05, 3.63) is 40.9 Å². The number of halogens is 1. The molecule has 24 heavy (non-hydrogen) atoms. The van der Waals surface area contributed by atoms with Gasteiger partial charge in [0.25, 0.3) is 0 Å². The maximum atomic E-state index is 6.18. The number of methoxy groups -OCH3 is 1. The topological polar surface area (TPSA) is 49.0 Å². The second-order valence-electron chi connectivity index (χ2n) is 5.24. The standard InChI is InChI=1S/C18H20ClNO4/c1-3-22-18-12(8-13(19)9-17(18)21-2)11-20-14-4-5-15-16(10-14)24-7-6-23-15/h4-5,8-10,20H,3,6-7,11H2,1-2H3. The normalized spacial score (nSPS) is 12.6. The van der Waals surface area contributed by atoms with E-state index in [9.17, 15) is 0 Å². The van der Waals surface area contributed by atoms with Crippen molar-refractivity contribution < 1.29 is 18.9 Å². The van der Waals surface area contributed by atoms with Crippen LogP contribution >= 0.6 is 11.6 Å². The highest BCUT2D eigenvalue weighted by Crippen LogP contribution is 2.36. The van der Waals surface area contributed by atoms with Crippen molar-refractivity contribution in [1.82, 2.24) is 0 Å². The first kappa shape index (κ1) is 16.6. The third-order valence-corrected chi connectivity index (χ3v) is 3.85. The highest BCUT2D eigenvalue weighted by atomic mass is 35.5. The molecular weight excluding hydrogens is 330 g/mol. The first-order chi connectivity index (χ1) is 11.7. The number of benzene rings is 2. The van der Waals surface area contributed by atoms with Gasteiger partial charge in [-0.05, 0) is 25.1 Å². The number of fused-ring (bicyclic) bond motifs is 1. The van der Waals surface area contributed by atoms with Gasteiger partial charge < -0.3 is 24.3 Å². The van der Waals surface area contributed by atoms with Gasteiger partial charge in [-0.2, -0.15) is 0 Å². The summed E-state index contributed by atoms with van der Waals surface area (Å²) in [7, 11) is 1.60. The molecule has 1 aliphatic rings. The number of hydrogen-bond acceptors (Lipinski definition) is 5. The first-order valence-electron chi connectivity index (χ1n) is 7.84. The Bertz CT molecular complexity index is 720. The maximum absolute atomic E-state index is 6.18. The van der Waals surface area contributed by atoms with Crippen LogP contribution in [-0.4, -0.2) is 26.9 Å². The monoisotopic (exact) mass is 349 g/mol. The molecule has 0 atom stereocenters. The highest BCUT2D eigenvalue weighted by molar-refractivity contribution is 6.30. The molecule has 0 fully saturated rings. The minimum absolute atomic E-state index is 0.548. The van der Waals surface area contributed by atoms with Crippen molar-refractivity contribution in [2.24, 2.45) is 0 Å². The van der Waals surface area contributed by atoms with E-state index in [0.717, 1.165) is 22.7 Å². The zero-order valence-electron chi connectivity index (χ0n) is 13.7. The smallest absolute Gasteiger partial charge is 0.166 e. The Labute approximate surface area is 146 Å². The number of rotatable bonds is 6. The lowest BCUT2D eigenvalue weighted by atomic mass is 10.1. The molecule has 0 saturated heterocycles. The molecule has 0 radical (unpaired) electrons. The summed E-state index contributed by atoms with van der Waals surface area (Å²) >= 11 is 6.18. The van der Waals surface area contributed by atoms with Gasteiger partial charge in [-0.25, -0.2) is 0 Å². The Morgan fingerprint density at radius 3 is 2.67 bits per heavy atom. The molecule has 0 saturated carbocycles. The van der Waals surface area contributed by atoms with E-state index in [1.54, 1.807) is 13.2 Å². The van der Waals surface area contributed by atoms with Crippen LogP contribution < -0.4 is 24.3 Å². The Hall–Kier alpha value is -2.27. The molecule has 0 amide bonds. The van der Waals surface area contributed by atoms with E-state index in [-0.39, 0.29) is 0 Å². The van der Waals surface area contributed by atoms with Gasteiger partial charge >= 0.3 is 0 Å². The third kappa shape index (κ3) is 3.62. The quantitative estimate of drug-likeness (QED) is 0.849. The lowest BCUT2D eigenvalue weighted by molar-refractivity contribution is 0.171. The Balaban J connectivity index is 1.80. The van der Waals surface area contributed by atoms with Crippen molar-refractivity contribution in [1.29, 1.82) is 0 Å². The summed E-state index contributed by atoms with van der Waals surface area (Å²) in [5.41, 5.74) is 1.86. The van der Waals surface area contributed by atoms with Gasteiger partial charge in [0.1, 0.15) is 13.2 Å². The lowest BCUT2D eigenvalue weighted by Gasteiger charge is -2.20. The van der Waals surface area contributed by atoms with E-state index in [0.29, 0.717) is 42.9 Å². The van der Waals surface area contributed by atoms with Gasteiger partial charge in [0, 0.05) is 35.0 Å². The summed E-state index contributed by atoms with van der Waals surface area (Å²) in [6.07, 6.45) is 0. The second-order valence-corrected chi connectivity index (χ2v) is 5.68. The van der Waals surface area contributed by atoms with Crippen LogP contribution in [0.3, 0.4) is 0 Å². The van der Waals surface area contributed by atoms with Crippen molar-refractivity contribution in [3.63, 3.8) is 0 Å². The molecule has 5 nitrogen and oxygen atoms in total. The Kier molecular flexibility index (Phi) is 5.20. The van der Waals surface area contributed by atoms with Crippen LogP contribution in [0.2, 0.25) is 5.02 Å². The number of anilines is 1. The summed E-state index contributed by atoms with van der Waals surface area (Å²) in [5, 5.41) is 3.96. The van der Waals surface area contributed by atoms with Crippen LogP contribution in [0.1, 0.15) is 12.5 Å². The molecular formula is C18H20ClNO4. The van der Waals surface area contributed by atoms with Crippen LogP contribution in [0.25, 0.3) is 0 Å². The van der Waals surface area contributed by atoms with Crippen LogP contribution in [0.4, 0.5) is 5.69 Å². The van der Waals surface area contributed by atoms with E-state index < -0.39 is 0 Å². The van der Waals surface area contributed by atoms with Crippen LogP contribution in [0.5, 0.6) is 23.0 Å². The molecule has 128 valence electrons. The average Bonchev–Trinajstić information content (AvgIpc) is 2.61. The van der Waals surface area contributed by atoms with Crippen molar-refractivity contribution in [3.8, 4) is 23.0 Å². The van der Waals surface area contributed by atoms with E-state index in [2.05, 4.69) is 5.32 Å². The number of hydrogen-bond donors (Lipinski definition) is 1. The van der Waals surface area contributed by atoms with Gasteiger partial charge in [0.15, 0.2) is 23.0 Å². The van der Waals surface area contributed by atoms with Crippen molar-refractivity contribution in [2.75, 3.05) is 32.2 Å². The fraction of sp³-hybridized carbons (Fsp3) is 0.333. The largest absolute Gasteiger partial charge is 0.493 e. The van der Waals surface area contributed by atoms with Gasteiger partial charge in [0.05, 0.1) is 13.7 Å². The third-order valence-electron chi connectivity index (χ3n) is 3.63. The van der Waals surface area contributed by atoms with Gasteiger partial charge in [-0.15, -0.1) is 0 Å². The van der Waals surface area contributed by atoms with Crippen LogP contribution in [0.15, 0.2) is 30.3 Å². The molecule has 0 unspecified atom stereocenters. The average molecular weight is 350 g/mol. The Morgan fingerprint density at radius 2 is 1.92 bits per heavy atom. The minimum atomic E-state index is 0.548. The fourth-order valence-corrected chi connectivity index (χ4v) is 2.80.